The molecule has 1 aliphatic heterocycles. The van der Waals surface area contributed by atoms with Crippen LogP contribution < -0.4 is 10.0 Å². The maximum absolute atomic E-state index is 13.0. The first kappa shape index (κ1) is 21.7. The molecule has 1 aliphatic rings. The van der Waals surface area contributed by atoms with Gasteiger partial charge in [0.25, 0.3) is 10.0 Å². The number of amidine groups is 1. The van der Waals surface area contributed by atoms with Gasteiger partial charge in [-0.05, 0) is 35.7 Å². The van der Waals surface area contributed by atoms with Gasteiger partial charge in [0.2, 0.25) is 5.91 Å². The molecule has 3 aromatic rings. The largest absolute Gasteiger partial charge is 0.350 e. The van der Waals surface area contributed by atoms with Gasteiger partial charge in [-0.2, -0.15) is 5.10 Å². The number of hydrogen-bond acceptors (Lipinski definition) is 6. The van der Waals surface area contributed by atoms with Crippen LogP contribution >= 0.6 is 0 Å². The van der Waals surface area contributed by atoms with Crippen molar-refractivity contribution in [1.29, 1.82) is 0 Å². The molecular weight excluding hydrogens is 428 g/mol. The van der Waals surface area contributed by atoms with E-state index in [0.29, 0.717) is 17.8 Å². The molecule has 10 heteroatoms. The number of carbonyl (C=O) groups excluding carboxylic acids is 1. The SMILES string of the molecule is CC[C@H](C)[C@H](N=C1NS(=O)(=O)c2ccccc21)C(=O)NCc1ccc(-n2cccn2)nc1. The lowest BCUT2D eigenvalue weighted by Crippen LogP contribution is -2.38. The predicted octanol–water partition coefficient (Wildman–Crippen LogP) is 2.04. The molecule has 0 radical (unpaired) electrons. The summed E-state index contributed by atoms with van der Waals surface area (Å²) in [6.07, 6.45) is 5.87. The van der Waals surface area contributed by atoms with E-state index in [1.807, 2.05) is 32.0 Å². The van der Waals surface area contributed by atoms with Crippen molar-refractivity contribution >= 4 is 21.8 Å². The number of sulfonamides is 1. The lowest BCUT2D eigenvalue weighted by atomic mass is 9.98. The molecule has 4 rings (SSSR count). The van der Waals surface area contributed by atoms with E-state index in [1.54, 1.807) is 41.5 Å². The molecule has 0 spiro atoms. The Morgan fingerprint density at radius 1 is 1.22 bits per heavy atom. The van der Waals surface area contributed by atoms with E-state index < -0.39 is 16.1 Å². The van der Waals surface area contributed by atoms with Gasteiger partial charge in [0.1, 0.15) is 11.9 Å². The van der Waals surface area contributed by atoms with E-state index in [0.717, 1.165) is 5.56 Å². The fourth-order valence-corrected chi connectivity index (χ4v) is 4.63. The van der Waals surface area contributed by atoms with Gasteiger partial charge in [0.15, 0.2) is 5.82 Å². The molecular formula is C22H24N6O3S. The zero-order chi connectivity index (χ0) is 22.7. The third kappa shape index (κ3) is 4.40. The summed E-state index contributed by atoms with van der Waals surface area (Å²) in [5, 5.41) is 7.04. The lowest BCUT2D eigenvalue weighted by Gasteiger charge is -2.19. The van der Waals surface area contributed by atoms with E-state index >= 15 is 0 Å². The average Bonchev–Trinajstić information content (AvgIpc) is 3.43. The number of hydrogen-bond donors (Lipinski definition) is 2. The Bertz CT molecular complexity index is 1240. The molecule has 1 amide bonds. The molecule has 0 saturated heterocycles. The number of amides is 1. The minimum absolute atomic E-state index is 0.0833. The number of aromatic nitrogens is 3. The summed E-state index contributed by atoms with van der Waals surface area (Å²) in [6.45, 7) is 4.17. The van der Waals surface area contributed by atoms with Crippen LogP contribution in [-0.4, -0.2) is 41.0 Å². The third-order valence-electron chi connectivity index (χ3n) is 5.40. The Balaban J connectivity index is 1.50. The second-order valence-electron chi connectivity index (χ2n) is 7.60. The highest BCUT2D eigenvalue weighted by molar-refractivity contribution is 7.90. The monoisotopic (exact) mass is 452 g/mol. The number of nitrogens with zero attached hydrogens (tertiary/aromatic N) is 4. The quantitative estimate of drug-likeness (QED) is 0.569. The first-order valence-corrected chi connectivity index (χ1v) is 11.8. The van der Waals surface area contributed by atoms with Crippen molar-refractivity contribution < 1.29 is 13.2 Å². The summed E-state index contributed by atoms with van der Waals surface area (Å²) in [5.74, 6) is 0.527. The Labute approximate surface area is 186 Å². The van der Waals surface area contributed by atoms with Gasteiger partial charge in [-0.3, -0.25) is 14.5 Å². The lowest BCUT2D eigenvalue weighted by molar-refractivity contribution is -0.123. The van der Waals surface area contributed by atoms with E-state index in [2.05, 4.69) is 25.1 Å². The van der Waals surface area contributed by atoms with Crippen molar-refractivity contribution in [3.05, 3.63) is 72.2 Å². The molecule has 0 saturated carbocycles. The highest BCUT2D eigenvalue weighted by Crippen LogP contribution is 2.24. The molecule has 0 bridgehead atoms. The molecule has 0 fully saturated rings. The Kier molecular flexibility index (Phi) is 6.04. The Morgan fingerprint density at radius 3 is 2.72 bits per heavy atom. The molecule has 0 aliphatic carbocycles. The Morgan fingerprint density at radius 2 is 2.03 bits per heavy atom. The summed E-state index contributed by atoms with van der Waals surface area (Å²) in [7, 11) is -3.66. The van der Waals surface area contributed by atoms with Crippen molar-refractivity contribution in [1.82, 2.24) is 24.8 Å². The highest BCUT2D eigenvalue weighted by atomic mass is 32.2. The van der Waals surface area contributed by atoms with Gasteiger partial charge in [-0.1, -0.05) is 38.5 Å². The zero-order valence-corrected chi connectivity index (χ0v) is 18.6. The summed E-state index contributed by atoms with van der Waals surface area (Å²) in [6, 6.07) is 11.4. The molecule has 2 atom stereocenters. The van der Waals surface area contributed by atoms with Gasteiger partial charge in [0.05, 0.1) is 4.90 Å². The topological polar surface area (TPSA) is 118 Å². The van der Waals surface area contributed by atoms with Crippen LogP contribution in [0, 0.1) is 5.92 Å². The van der Waals surface area contributed by atoms with Crippen LogP contribution in [0.5, 0.6) is 0 Å². The van der Waals surface area contributed by atoms with Gasteiger partial charge in [-0.15, -0.1) is 0 Å². The molecule has 32 heavy (non-hydrogen) atoms. The van der Waals surface area contributed by atoms with Crippen molar-refractivity contribution in [3.63, 3.8) is 0 Å². The van der Waals surface area contributed by atoms with Crippen LogP contribution in [-0.2, 0) is 21.4 Å². The van der Waals surface area contributed by atoms with Crippen LogP contribution in [0.2, 0.25) is 0 Å². The van der Waals surface area contributed by atoms with Crippen LogP contribution in [0.4, 0.5) is 0 Å². The second kappa shape index (κ2) is 8.91. The first-order chi connectivity index (χ1) is 15.4. The van der Waals surface area contributed by atoms with Crippen molar-refractivity contribution in [2.45, 2.75) is 37.8 Å². The minimum Gasteiger partial charge on any atom is -0.350 e. The smallest absolute Gasteiger partial charge is 0.263 e. The normalized spacial score (nSPS) is 17.4. The number of carbonyl (C=O) groups is 1. The molecule has 2 aromatic heterocycles. The maximum atomic E-state index is 13.0. The van der Waals surface area contributed by atoms with Crippen LogP contribution in [0.3, 0.4) is 0 Å². The molecule has 3 heterocycles. The second-order valence-corrected chi connectivity index (χ2v) is 9.25. The standard InChI is InChI=1S/C22H24N6O3S/c1-3-15(2)20(26-21-17-7-4-5-8-18(17)32(30,31)27-21)22(29)24-14-16-9-10-19(23-13-16)28-12-6-11-25-28/h4-13,15,20H,3,14H2,1-2H3,(H,24,29)(H,26,27)/t15-,20-/m0/s1. The molecule has 1 aromatic carbocycles. The molecule has 9 nitrogen and oxygen atoms in total. The first-order valence-electron chi connectivity index (χ1n) is 10.3. The van der Waals surface area contributed by atoms with Crippen LogP contribution in [0.1, 0.15) is 31.4 Å². The van der Waals surface area contributed by atoms with E-state index in [9.17, 15) is 13.2 Å². The fraction of sp³-hybridized carbons (Fsp3) is 0.273. The average molecular weight is 453 g/mol. The summed E-state index contributed by atoms with van der Waals surface area (Å²) < 4.78 is 28.9. The van der Waals surface area contributed by atoms with Crippen molar-refractivity contribution in [3.8, 4) is 5.82 Å². The number of aliphatic imine (C=N–C) groups is 1. The van der Waals surface area contributed by atoms with Crippen LogP contribution in [0.25, 0.3) is 5.82 Å². The maximum Gasteiger partial charge on any atom is 0.263 e. The van der Waals surface area contributed by atoms with Gasteiger partial charge >= 0.3 is 0 Å². The van der Waals surface area contributed by atoms with Crippen molar-refractivity contribution in [2.24, 2.45) is 10.9 Å². The van der Waals surface area contributed by atoms with E-state index in [1.165, 1.54) is 6.07 Å². The molecule has 0 unspecified atom stereocenters. The van der Waals surface area contributed by atoms with Gasteiger partial charge in [-0.25, -0.2) is 18.1 Å². The van der Waals surface area contributed by atoms with Crippen molar-refractivity contribution in [2.75, 3.05) is 0 Å². The number of fused-ring (bicyclic) bond motifs is 1. The number of rotatable bonds is 7. The summed E-state index contributed by atoms with van der Waals surface area (Å²) in [5.41, 5.74) is 1.31. The number of benzene rings is 1. The predicted molar refractivity (Wildman–Crippen MR) is 120 cm³/mol. The molecule has 166 valence electrons. The molecule has 2 N–H and O–H groups in total. The van der Waals surface area contributed by atoms with Gasteiger partial charge in [0, 0.05) is 30.7 Å². The summed E-state index contributed by atoms with van der Waals surface area (Å²) >= 11 is 0. The van der Waals surface area contributed by atoms with E-state index in [4.69, 9.17) is 0 Å². The van der Waals surface area contributed by atoms with E-state index in [-0.39, 0.29) is 29.1 Å². The third-order valence-corrected chi connectivity index (χ3v) is 6.79. The zero-order valence-electron chi connectivity index (χ0n) is 17.8. The minimum atomic E-state index is -3.66. The van der Waals surface area contributed by atoms with Gasteiger partial charge < -0.3 is 5.32 Å². The number of nitrogens with one attached hydrogen (secondary N) is 2. The summed E-state index contributed by atoms with van der Waals surface area (Å²) in [4.78, 5) is 22.1. The fourth-order valence-electron chi connectivity index (χ4n) is 3.39. The number of pyridine rings is 1. The van der Waals surface area contributed by atoms with Crippen LogP contribution in [0.15, 0.2) is 70.9 Å². The Hall–Kier alpha value is -3.53. The highest BCUT2D eigenvalue weighted by Gasteiger charge is 2.33.